The van der Waals surface area contributed by atoms with Gasteiger partial charge in [-0.1, -0.05) is 11.6 Å². The smallest absolute Gasteiger partial charge is 0.261 e. The highest BCUT2D eigenvalue weighted by molar-refractivity contribution is 6.31. The van der Waals surface area contributed by atoms with Gasteiger partial charge < -0.3 is 30.2 Å². The first kappa shape index (κ1) is 21.5. The molecule has 1 unspecified atom stereocenters. The van der Waals surface area contributed by atoms with E-state index in [1.165, 1.54) is 0 Å². The molecular formula is C25H27ClN6O2. The first-order valence-electron chi connectivity index (χ1n) is 11.8. The third-order valence-corrected chi connectivity index (χ3v) is 6.98. The van der Waals surface area contributed by atoms with Crippen LogP contribution in [0.5, 0.6) is 0 Å². The Bertz CT molecular complexity index is 1400. The quantitative estimate of drug-likeness (QED) is 0.349. The second-order valence-electron chi connectivity index (χ2n) is 8.95. The van der Waals surface area contributed by atoms with Crippen LogP contribution >= 0.6 is 11.6 Å². The van der Waals surface area contributed by atoms with Gasteiger partial charge in [0.2, 0.25) is 0 Å². The maximum Gasteiger partial charge on any atom is 0.261 e. The number of pyridine rings is 1. The number of H-pyrrole nitrogens is 2. The number of benzene rings is 2. The molecule has 2 aromatic carbocycles. The van der Waals surface area contributed by atoms with E-state index in [9.17, 15) is 4.79 Å². The highest BCUT2D eigenvalue weighted by Crippen LogP contribution is 2.33. The number of rotatable bonds is 5. The number of aromatic nitrogens is 3. The minimum absolute atomic E-state index is 0.191. The predicted molar refractivity (Wildman–Crippen MR) is 137 cm³/mol. The van der Waals surface area contributed by atoms with Crippen LogP contribution in [-0.4, -0.2) is 60.4 Å². The average molecular weight is 479 g/mol. The lowest BCUT2D eigenvalue weighted by molar-refractivity contribution is 0.122. The van der Waals surface area contributed by atoms with Crippen molar-refractivity contribution in [3.8, 4) is 11.4 Å². The van der Waals surface area contributed by atoms with Crippen molar-refractivity contribution in [1.82, 2.24) is 20.3 Å². The van der Waals surface area contributed by atoms with Gasteiger partial charge in [0.25, 0.3) is 5.56 Å². The van der Waals surface area contributed by atoms with E-state index in [2.05, 4.69) is 37.6 Å². The number of fused-ring (bicyclic) bond motifs is 2. The van der Waals surface area contributed by atoms with Crippen molar-refractivity contribution in [3.63, 3.8) is 0 Å². The Hall–Kier alpha value is -3.07. The van der Waals surface area contributed by atoms with Gasteiger partial charge in [-0.2, -0.15) is 0 Å². The lowest BCUT2D eigenvalue weighted by atomic mass is 10.1. The summed E-state index contributed by atoms with van der Waals surface area (Å²) in [7, 11) is 0. The fraction of sp³-hybridized carbons (Fsp3) is 0.360. The van der Waals surface area contributed by atoms with Gasteiger partial charge in [-0.15, -0.1) is 0 Å². The standard InChI is InChI=1S/C25H27ClN6O2/c26-15-3-5-19-18(12-15)23(28-14-16-2-1-7-27-16)22(25(33)31-19)24-29-20-6-4-17(13-21(20)30-24)32-8-10-34-11-9-32/h3-6,12-13,16,27H,1-2,7-11,14H2,(H,29,30)(H2,28,31,33). The van der Waals surface area contributed by atoms with Crippen molar-refractivity contribution in [1.29, 1.82) is 0 Å². The van der Waals surface area contributed by atoms with E-state index in [0.29, 0.717) is 22.5 Å². The van der Waals surface area contributed by atoms with Gasteiger partial charge in [-0.25, -0.2) is 4.98 Å². The Labute approximate surface area is 201 Å². The van der Waals surface area contributed by atoms with E-state index in [1.54, 1.807) is 6.07 Å². The molecule has 2 aliphatic rings. The highest BCUT2D eigenvalue weighted by atomic mass is 35.5. The van der Waals surface area contributed by atoms with E-state index in [0.717, 1.165) is 85.5 Å². The Balaban J connectivity index is 1.45. The molecule has 4 heterocycles. The first-order valence-corrected chi connectivity index (χ1v) is 12.2. The lowest BCUT2D eigenvalue weighted by Crippen LogP contribution is -2.36. The Kier molecular flexibility index (Phi) is 5.64. The SMILES string of the molecule is O=c1[nH]c2ccc(Cl)cc2c(NCC2CCCN2)c1-c1nc2ccc(N3CCOCC3)cc2[nH]1. The van der Waals surface area contributed by atoms with Crippen LogP contribution in [0.4, 0.5) is 11.4 Å². The number of morpholine rings is 1. The number of nitrogens with one attached hydrogen (secondary N) is 4. The van der Waals surface area contributed by atoms with Gasteiger partial charge in [-0.3, -0.25) is 4.79 Å². The topological polar surface area (TPSA) is 98.1 Å². The van der Waals surface area contributed by atoms with Gasteiger partial charge in [-0.05, 0) is 55.8 Å². The molecule has 34 heavy (non-hydrogen) atoms. The van der Waals surface area contributed by atoms with Crippen molar-refractivity contribution in [2.45, 2.75) is 18.9 Å². The number of hydrogen-bond donors (Lipinski definition) is 4. The zero-order valence-corrected chi connectivity index (χ0v) is 19.5. The normalized spacial score (nSPS) is 18.7. The molecule has 9 heteroatoms. The van der Waals surface area contributed by atoms with Crippen LogP contribution < -0.4 is 21.1 Å². The molecule has 4 N–H and O–H groups in total. The van der Waals surface area contributed by atoms with E-state index in [-0.39, 0.29) is 5.56 Å². The van der Waals surface area contributed by atoms with Crippen molar-refractivity contribution >= 4 is 44.9 Å². The zero-order chi connectivity index (χ0) is 23.1. The van der Waals surface area contributed by atoms with Gasteiger partial charge >= 0.3 is 0 Å². The molecule has 6 rings (SSSR count). The summed E-state index contributed by atoms with van der Waals surface area (Å²) in [6.45, 7) is 4.93. The average Bonchev–Trinajstić information content (AvgIpc) is 3.52. The van der Waals surface area contributed by atoms with E-state index >= 15 is 0 Å². The molecule has 176 valence electrons. The molecule has 0 saturated carbocycles. The third kappa shape index (κ3) is 4.02. The number of anilines is 2. The summed E-state index contributed by atoms with van der Waals surface area (Å²) in [5.74, 6) is 0.541. The minimum atomic E-state index is -0.191. The zero-order valence-electron chi connectivity index (χ0n) is 18.8. The summed E-state index contributed by atoms with van der Waals surface area (Å²) in [5.41, 5.74) is 4.64. The number of ether oxygens (including phenoxy) is 1. The number of imidazole rings is 1. The maximum atomic E-state index is 13.3. The predicted octanol–water partition coefficient (Wildman–Crippen LogP) is 3.73. The summed E-state index contributed by atoms with van der Waals surface area (Å²) in [6.07, 6.45) is 2.27. The number of halogens is 1. The van der Waals surface area contributed by atoms with Crippen molar-refractivity contribution < 1.29 is 4.74 Å². The van der Waals surface area contributed by atoms with Crippen LogP contribution in [0.1, 0.15) is 12.8 Å². The maximum absolute atomic E-state index is 13.3. The van der Waals surface area contributed by atoms with Gasteiger partial charge in [0, 0.05) is 41.8 Å². The molecule has 0 bridgehead atoms. The van der Waals surface area contributed by atoms with Gasteiger partial charge in [0.05, 0.1) is 35.5 Å². The molecular weight excluding hydrogens is 452 g/mol. The second kappa shape index (κ2) is 8.94. The number of aromatic amines is 2. The molecule has 8 nitrogen and oxygen atoms in total. The summed E-state index contributed by atoms with van der Waals surface area (Å²) < 4.78 is 5.48. The van der Waals surface area contributed by atoms with Crippen LogP contribution in [0.15, 0.2) is 41.2 Å². The monoisotopic (exact) mass is 478 g/mol. The molecule has 0 spiro atoms. The summed E-state index contributed by atoms with van der Waals surface area (Å²) in [6, 6.07) is 12.1. The summed E-state index contributed by atoms with van der Waals surface area (Å²) in [5, 5.41) is 8.54. The molecule has 0 radical (unpaired) electrons. The van der Waals surface area contributed by atoms with Crippen molar-refractivity contribution in [3.05, 3.63) is 51.8 Å². The van der Waals surface area contributed by atoms with Gasteiger partial charge in [0.15, 0.2) is 0 Å². The summed E-state index contributed by atoms with van der Waals surface area (Å²) >= 11 is 6.34. The van der Waals surface area contributed by atoms with Crippen LogP contribution in [0.25, 0.3) is 33.3 Å². The van der Waals surface area contributed by atoms with Crippen LogP contribution in [-0.2, 0) is 4.74 Å². The van der Waals surface area contributed by atoms with Crippen molar-refractivity contribution in [2.24, 2.45) is 0 Å². The molecule has 2 saturated heterocycles. The Morgan fingerprint density at radius 2 is 2.00 bits per heavy atom. The van der Waals surface area contributed by atoms with E-state index in [4.69, 9.17) is 21.3 Å². The molecule has 2 aromatic heterocycles. The molecule has 2 fully saturated rings. The molecule has 4 aromatic rings. The summed E-state index contributed by atoms with van der Waals surface area (Å²) in [4.78, 5) is 26.8. The number of hydrogen-bond acceptors (Lipinski definition) is 6. The lowest BCUT2D eigenvalue weighted by Gasteiger charge is -2.28. The second-order valence-corrected chi connectivity index (χ2v) is 9.39. The van der Waals surface area contributed by atoms with Crippen LogP contribution in [0, 0.1) is 0 Å². The largest absolute Gasteiger partial charge is 0.382 e. The van der Waals surface area contributed by atoms with Crippen molar-refractivity contribution in [2.75, 3.05) is 49.6 Å². The van der Waals surface area contributed by atoms with Crippen LogP contribution in [0.2, 0.25) is 5.02 Å². The minimum Gasteiger partial charge on any atom is -0.382 e. The number of nitrogens with zero attached hydrogens (tertiary/aromatic N) is 2. The van der Waals surface area contributed by atoms with E-state index < -0.39 is 0 Å². The molecule has 0 amide bonds. The van der Waals surface area contributed by atoms with Crippen LogP contribution in [0.3, 0.4) is 0 Å². The Morgan fingerprint density at radius 3 is 2.82 bits per heavy atom. The van der Waals surface area contributed by atoms with Gasteiger partial charge in [0.1, 0.15) is 11.4 Å². The fourth-order valence-corrected chi connectivity index (χ4v) is 5.14. The third-order valence-electron chi connectivity index (χ3n) is 6.74. The van der Waals surface area contributed by atoms with E-state index in [1.807, 2.05) is 18.2 Å². The molecule has 0 aliphatic carbocycles. The first-order chi connectivity index (χ1) is 16.7. The molecule has 2 aliphatic heterocycles. The Morgan fingerprint density at radius 1 is 1.12 bits per heavy atom. The highest BCUT2D eigenvalue weighted by Gasteiger charge is 2.21. The molecule has 1 atom stereocenters. The fourth-order valence-electron chi connectivity index (χ4n) is 4.97.